The van der Waals surface area contributed by atoms with Crippen LogP contribution in [-0.4, -0.2) is 29.3 Å². The number of hydrazone groups is 1. The highest BCUT2D eigenvalue weighted by molar-refractivity contribution is 7.92. The first kappa shape index (κ1) is 14.9. The predicted molar refractivity (Wildman–Crippen MR) is 78.3 cm³/mol. The smallest absolute Gasteiger partial charge is 0.202 e. The van der Waals surface area contributed by atoms with Gasteiger partial charge >= 0.3 is 0 Å². The van der Waals surface area contributed by atoms with Gasteiger partial charge in [0.25, 0.3) is 10.0 Å². The van der Waals surface area contributed by atoms with Gasteiger partial charge in [0.15, 0.2) is 0 Å². The van der Waals surface area contributed by atoms with E-state index in [0.29, 0.717) is 23.6 Å². The highest BCUT2D eigenvalue weighted by Crippen LogP contribution is 2.23. The number of sulfonamides is 1. The van der Waals surface area contributed by atoms with E-state index in [-0.39, 0.29) is 6.54 Å². The van der Waals surface area contributed by atoms with Crippen LogP contribution in [0.2, 0.25) is 5.02 Å². The Balaban J connectivity index is 2.32. The number of nitrogens with zero attached hydrogens (tertiary/aromatic N) is 2. The summed E-state index contributed by atoms with van der Waals surface area (Å²) in [5.74, 6) is 0. The third-order valence-electron chi connectivity index (χ3n) is 2.69. The first-order chi connectivity index (χ1) is 8.91. The van der Waals surface area contributed by atoms with E-state index < -0.39 is 14.2 Å². The third-order valence-corrected chi connectivity index (χ3v) is 5.60. The Morgan fingerprint density at radius 3 is 2.42 bits per heavy atom. The zero-order valence-corrected chi connectivity index (χ0v) is 12.8. The minimum atomic E-state index is -3.80. The maximum Gasteiger partial charge on any atom is 0.281 e. The lowest BCUT2D eigenvalue weighted by Crippen LogP contribution is -2.35. The largest absolute Gasteiger partial charge is 0.281 e. The molecular weight excluding hydrogens is 331 g/mol. The van der Waals surface area contributed by atoms with Crippen molar-refractivity contribution >= 4 is 50.5 Å². The van der Waals surface area contributed by atoms with E-state index in [0.717, 1.165) is 9.98 Å². The fraction of sp³-hybridized carbons (Fsp3) is 0.364. The van der Waals surface area contributed by atoms with Crippen molar-refractivity contribution in [3.05, 3.63) is 34.9 Å². The van der Waals surface area contributed by atoms with E-state index in [1.807, 2.05) is 0 Å². The van der Waals surface area contributed by atoms with E-state index >= 15 is 0 Å². The zero-order chi connectivity index (χ0) is 14.0. The lowest BCUT2D eigenvalue weighted by atomic mass is 10.1. The molecule has 0 bridgehead atoms. The van der Waals surface area contributed by atoms with Crippen LogP contribution in [0.3, 0.4) is 0 Å². The molecule has 2 rings (SSSR count). The van der Waals surface area contributed by atoms with Crippen LogP contribution in [0.15, 0.2) is 29.4 Å². The Hall–Kier alpha value is -0.490. The molecule has 0 saturated heterocycles. The summed E-state index contributed by atoms with van der Waals surface area (Å²) in [7, 11) is -3.80. The second-order valence-corrected chi connectivity index (χ2v) is 7.98. The minimum absolute atomic E-state index is 0.287. The second-order valence-electron chi connectivity index (χ2n) is 4.01. The molecule has 0 N–H and O–H groups in total. The maximum absolute atomic E-state index is 11.9. The topological polar surface area (TPSA) is 49.7 Å². The van der Waals surface area contributed by atoms with Gasteiger partial charge in [0, 0.05) is 5.02 Å². The first-order valence-corrected chi connectivity index (χ1v) is 8.30. The van der Waals surface area contributed by atoms with Crippen LogP contribution in [0.4, 0.5) is 0 Å². The van der Waals surface area contributed by atoms with Crippen LogP contribution in [0, 0.1) is 0 Å². The Morgan fingerprint density at radius 1 is 1.21 bits per heavy atom. The summed E-state index contributed by atoms with van der Waals surface area (Å²) >= 11 is 16.7. The molecule has 4 nitrogen and oxygen atoms in total. The van der Waals surface area contributed by atoms with Gasteiger partial charge in [-0.1, -0.05) is 46.9 Å². The molecule has 0 atom stereocenters. The number of hydrogen-bond donors (Lipinski definition) is 0. The van der Waals surface area contributed by atoms with Crippen LogP contribution in [0.1, 0.15) is 18.4 Å². The van der Waals surface area contributed by atoms with Crippen molar-refractivity contribution in [1.29, 1.82) is 0 Å². The summed E-state index contributed by atoms with van der Waals surface area (Å²) in [5.41, 5.74) is 1.52. The lowest BCUT2D eigenvalue weighted by molar-refractivity contribution is 0.412. The maximum atomic E-state index is 11.9. The van der Waals surface area contributed by atoms with Crippen LogP contribution in [0.25, 0.3) is 0 Å². The van der Waals surface area contributed by atoms with Crippen molar-refractivity contribution in [3.63, 3.8) is 0 Å². The van der Waals surface area contributed by atoms with Gasteiger partial charge in [-0.2, -0.15) is 9.52 Å². The van der Waals surface area contributed by atoms with Crippen LogP contribution >= 0.6 is 34.8 Å². The van der Waals surface area contributed by atoms with Gasteiger partial charge < -0.3 is 0 Å². The Morgan fingerprint density at radius 2 is 1.84 bits per heavy atom. The van der Waals surface area contributed by atoms with Crippen molar-refractivity contribution in [2.45, 2.75) is 17.0 Å². The van der Waals surface area contributed by atoms with Crippen LogP contribution in [-0.2, 0) is 10.0 Å². The Kier molecular flexibility index (Phi) is 4.61. The first-order valence-electron chi connectivity index (χ1n) is 5.54. The number of hydrogen-bond acceptors (Lipinski definition) is 3. The summed E-state index contributed by atoms with van der Waals surface area (Å²) in [6.45, 7) is 0.287. The van der Waals surface area contributed by atoms with E-state index in [1.54, 1.807) is 24.3 Å². The molecule has 1 aliphatic rings. The standard InChI is InChI=1S/C11H11Cl3N2O2S/c12-9-5-3-8(4-6-9)10-2-1-7-16(15-10)19(17,18)11(13)14/h3-6,11H,1-2,7H2. The molecule has 1 heterocycles. The fourth-order valence-electron chi connectivity index (χ4n) is 1.74. The van der Waals surface area contributed by atoms with Crippen molar-refractivity contribution in [1.82, 2.24) is 4.41 Å². The van der Waals surface area contributed by atoms with E-state index in [2.05, 4.69) is 5.10 Å². The minimum Gasteiger partial charge on any atom is -0.202 e. The normalized spacial score (nSPS) is 16.6. The van der Waals surface area contributed by atoms with Crippen LogP contribution < -0.4 is 0 Å². The molecule has 104 valence electrons. The van der Waals surface area contributed by atoms with E-state index in [1.165, 1.54) is 0 Å². The van der Waals surface area contributed by atoms with Gasteiger partial charge in [-0.05, 0) is 30.5 Å². The van der Waals surface area contributed by atoms with Crippen molar-refractivity contribution in [2.24, 2.45) is 5.10 Å². The van der Waals surface area contributed by atoms with Crippen molar-refractivity contribution in [3.8, 4) is 0 Å². The molecule has 0 unspecified atom stereocenters. The molecule has 0 aliphatic carbocycles. The highest BCUT2D eigenvalue weighted by Gasteiger charge is 2.30. The SMILES string of the molecule is O=S(=O)(C(Cl)Cl)N1CCCC(c2ccc(Cl)cc2)=N1. The van der Waals surface area contributed by atoms with Gasteiger partial charge in [-0.3, -0.25) is 0 Å². The third kappa shape index (κ3) is 3.34. The van der Waals surface area contributed by atoms with Crippen LogP contribution in [0.5, 0.6) is 0 Å². The van der Waals surface area contributed by atoms with Gasteiger partial charge in [-0.15, -0.1) is 0 Å². The second kappa shape index (κ2) is 5.87. The number of rotatable bonds is 3. The predicted octanol–water partition coefficient (Wildman–Crippen LogP) is 3.23. The lowest BCUT2D eigenvalue weighted by Gasteiger charge is -2.25. The van der Waals surface area contributed by atoms with Gasteiger partial charge in [0.1, 0.15) is 0 Å². The molecule has 0 radical (unpaired) electrons. The summed E-state index contributed by atoms with van der Waals surface area (Å²) in [6.07, 6.45) is 1.37. The van der Waals surface area contributed by atoms with Crippen molar-refractivity contribution < 1.29 is 8.42 Å². The molecule has 0 saturated carbocycles. The average molecular weight is 342 g/mol. The molecule has 0 amide bonds. The molecular formula is C11H11Cl3N2O2S. The summed E-state index contributed by atoms with van der Waals surface area (Å²) in [6, 6.07) is 7.07. The molecule has 1 aromatic carbocycles. The van der Waals surface area contributed by atoms with E-state index in [9.17, 15) is 8.42 Å². The monoisotopic (exact) mass is 340 g/mol. The molecule has 19 heavy (non-hydrogen) atoms. The zero-order valence-electron chi connectivity index (χ0n) is 9.76. The summed E-state index contributed by atoms with van der Waals surface area (Å²) < 4.78 is 23.2. The van der Waals surface area contributed by atoms with Crippen molar-refractivity contribution in [2.75, 3.05) is 6.54 Å². The number of halogens is 3. The quantitative estimate of drug-likeness (QED) is 0.793. The summed E-state index contributed by atoms with van der Waals surface area (Å²) in [4.78, 5) is 0. The highest BCUT2D eigenvalue weighted by atomic mass is 35.5. The molecule has 0 fully saturated rings. The molecule has 0 spiro atoms. The molecule has 1 aromatic rings. The fourth-order valence-corrected chi connectivity index (χ4v) is 3.19. The van der Waals surface area contributed by atoms with E-state index in [4.69, 9.17) is 34.8 Å². The number of benzene rings is 1. The molecule has 0 aromatic heterocycles. The van der Waals surface area contributed by atoms with Gasteiger partial charge in [0.2, 0.25) is 4.17 Å². The number of alkyl halides is 2. The molecule has 1 aliphatic heterocycles. The molecule has 8 heteroatoms. The summed E-state index contributed by atoms with van der Waals surface area (Å²) in [5, 5.41) is 4.74. The Bertz CT molecular complexity index is 584. The van der Waals surface area contributed by atoms with Gasteiger partial charge in [0.05, 0.1) is 12.3 Å². The Labute approximate surface area is 127 Å². The average Bonchev–Trinajstić information content (AvgIpc) is 2.39. The van der Waals surface area contributed by atoms with Gasteiger partial charge in [-0.25, -0.2) is 8.42 Å².